The van der Waals surface area contributed by atoms with Crippen molar-refractivity contribution in [3.63, 3.8) is 0 Å². The van der Waals surface area contributed by atoms with Crippen LogP contribution in [0.25, 0.3) is 0 Å². The van der Waals surface area contributed by atoms with Crippen LogP contribution in [-0.4, -0.2) is 25.8 Å². The highest BCUT2D eigenvalue weighted by molar-refractivity contribution is 5.89. The van der Waals surface area contributed by atoms with Crippen LogP contribution in [0.2, 0.25) is 0 Å². The Morgan fingerprint density at radius 1 is 1.40 bits per heavy atom. The highest BCUT2D eigenvalue weighted by atomic mass is 19.1. The fourth-order valence-electron chi connectivity index (χ4n) is 1.62. The first-order chi connectivity index (χ1) is 9.40. The normalized spacial score (nSPS) is 10.5. The molecule has 0 amide bonds. The molecule has 0 aliphatic carbocycles. The Labute approximate surface area is 110 Å². The van der Waals surface area contributed by atoms with Crippen LogP contribution < -0.4 is 0 Å². The largest absolute Gasteiger partial charge is 0.476 e. The number of nitrogens with zero attached hydrogens (tertiary/aromatic N) is 3. The Morgan fingerprint density at radius 3 is 2.45 bits per heavy atom. The average molecular weight is 283 g/mol. The molecule has 7 nitrogen and oxygen atoms in total. The van der Waals surface area contributed by atoms with Crippen LogP contribution in [0.4, 0.5) is 14.5 Å². The lowest BCUT2D eigenvalue weighted by molar-refractivity contribution is -0.385. The minimum Gasteiger partial charge on any atom is -0.476 e. The maximum atomic E-state index is 13.4. The van der Waals surface area contributed by atoms with Crippen molar-refractivity contribution in [2.45, 2.75) is 6.54 Å². The highest BCUT2D eigenvalue weighted by Gasteiger charge is 2.25. The van der Waals surface area contributed by atoms with E-state index in [2.05, 4.69) is 5.10 Å². The summed E-state index contributed by atoms with van der Waals surface area (Å²) in [5.74, 6) is -3.29. The summed E-state index contributed by atoms with van der Waals surface area (Å²) >= 11 is 0. The number of benzene rings is 1. The van der Waals surface area contributed by atoms with Gasteiger partial charge in [0, 0.05) is 5.56 Å². The van der Waals surface area contributed by atoms with Gasteiger partial charge >= 0.3 is 11.7 Å². The monoisotopic (exact) mass is 283 g/mol. The summed E-state index contributed by atoms with van der Waals surface area (Å²) in [7, 11) is 0. The lowest BCUT2D eigenvalue weighted by Gasteiger charge is -2.04. The third-order valence-corrected chi connectivity index (χ3v) is 2.52. The fraction of sp³-hybridized carbons (Fsp3) is 0.0909. The molecule has 0 fully saturated rings. The molecular weight excluding hydrogens is 276 g/mol. The Morgan fingerprint density at radius 2 is 2.00 bits per heavy atom. The summed E-state index contributed by atoms with van der Waals surface area (Å²) in [5, 5.41) is 22.9. The molecule has 0 saturated carbocycles. The number of aromatic carboxylic acids is 1. The number of hydrogen-bond acceptors (Lipinski definition) is 4. The Bertz CT molecular complexity index is 647. The van der Waals surface area contributed by atoms with Crippen LogP contribution in [0, 0.1) is 21.7 Å². The molecule has 1 aromatic carbocycles. The standard InChI is InChI=1S/C11H7F2N3O4/c12-7-2-1-3-8(13)6(7)4-15-5-9(16(19)20)10(14-15)11(17)18/h1-3,5H,4H2,(H,17,18). The second-order valence-corrected chi connectivity index (χ2v) is 3.82. The van der Waals surface area contributed by atoms with Gasteiger partial charge in [0.1, 0.15) is 17.8 Å². The van der Waals surface area contributed by atoms with Crippen molar-refractivity contribution in [3.05, 3.63) is 57.4 Å². The van der Waals surface area contributed by atoms with Gasteiger partial charge in [0.15, 0.2) is 0 Å². The zero-order valence-electron chi connectivity index (χ0n) is 9.79. The van der Waals surface area contributed by atoms with Gasteiger partial charge in [0.05, 0.1) is 11.5 Å². The zero-order valence-corrected chi connectivity index (χ0v) is 9.79. The maximum Gasteiger partial charge on any atom is 0.363 e. The molecule has 0 spiro atoms. The molecule has 0 atom stereocenters. The Hall–Kier alpha value is -2.84. The summed E-state index contributed by atoms with van der Waals surface area (Å²) in [6.07, 6.45) is 0.815. The number of hydrogen-bond donors (Lipinski definition) is 1. The van der Waals surface area contributed by atoms with E-state index in [1.54, 1.807) is 0 Å². The summed E-state index contributed by atoms with van der Waals surface area (Å²) in [5.41, 5.74) is -1.89. The van der Waals surface area contributed by atoms with Gasteiger partial charge in [-0.3, -0.25) is 14.8 Å². The van der Waals surface area contributed by atoms with Crippen LogP contribution in [-0.2, 0) is 6.54 Å². The minimum absolute atomic E-state index is 0.359. The van der Waals surface area contributed by atoms with E-state index in [4.69, 9.17) is 5.11 Å². The van der Waals surface area contributed by atoms with Crippen LogP contribution in [0.3, 0.4) is 0 Å². The molecule has 1 N–H and O–H groups in total. The van der Waals surface area contributed by atoms with E-state index in [1.165, 1.54) is 6.07 Å². The van der Waals surface area contributed by atoms with Crippen molar-refractivity contribution < 1.29 is 23.6 Å². The average Bonchev–Trinajstić information content (AvgIpc) is 2.78. The molecular formula is C11H7F2N3O4. The van der Waals surface area contributed by atoms with Gasteiger partial charge in [-0.05, 0) is 12.1 Å². The van der Waals surface area contributed by atoms with Crippen molar-refractivity contribution in [2.75, 3.05) is 0 Å². The molecule has 9 heteroatoms. The SMILES string of the molecule is O=C(O)c1nn(Cc2c(F)cccc2F)cc1[N+](=O)[O-]. The van der Waals surface area contributed by atoms with Crippen LogP contribution >= 0.6 is 0 Å². The summed E-state index contributed by atoms with van der Waals surface area (Å²) in [6, 6.07) is 3.21. The number of nitro groups is 1. The van der Waals surface area contributed by atoms with E-state index in [0.29, 0.717) is 0 Å². The van der Waals surface area contributed by atoms with E-state index >= 15 is 0 Å². The predicted molar refractivity (Wildman–Crippen MR) is 61.3 cm³/mol. The van der Waals surface area contributed by atoms with Gasteiger partial charge in [-0.25, -0.2) is 13.6 Å². The first kappa shape index (κ1) is 13.6. The quantitative estimate of drug-likeness (QED) is 0.681. The summed E-state index contributed by atoms with van der Waals surface area (Å²) < 4.78 is 27.7. The van der Waals surface area contributed by atoms with Gasteiger partial charge in [-0.2, -0.15) is 5.10 Å². The molecule has 0 saturated heterocycles. The van der Waals surface area contributed by atoms with Crippen molar-refractivity contribution in [2.24, 2.45) is 0 Å². The lowest BCUT2D eigenvalue weighted by atomic mass is 10.2. The van der Waals surface area contributed by atoms with E-state index in [1.807, 2.05) is 0 Å². The minimum atomic E-state index is -1.59. The molecule has 1 aromatic heterocycles. The molecule has 0 unspecified atom stereocenters. The summed E-state index contributed by atoms with van der Waals surface area (Å²) in [4.78, 5) is 20.5. The lowest BCUT2D eigenvalue weighted by Crippen LogP contribution is -2.07. The topological polar surface area (TPSA) is 98.3 Å². The van der Waals surface area contributed by atoms with Gasteiger partial charge in [-0.15, -0.1) is 0 Å². The third kappa shape index (κ3) is 2.46. The number of carboxylic acid groups (broad SMARTS) is 1. The predicted octanol–water partition coefficient (Wildman–Crippen LogP) is 1.82. The van der Waals surface area contributed by atoms with Gasteiger partial charge < -0.3 is 5.11 Å². The van der Waals surface area contributed by atoms with Crippen molar-refractivity contribution in [1.29, 1.82) is 0 Å². The van der Waals surface area contributed by atoms with Crippen molar-refractivity contribution >= 4 is 11.7 Å². The second kappa shape index (κ2) is 5.03. The first-order valence-electron chi connectivity index (χ1n) is 5.28. The molecule has 20 heavy (non-hydrogen) atoms. The molecule has 2 rings (SSSR count). The van der Waals surface area contributed by atoms with Gasteiger partial charge in [0.2, 0.25) is 5.69 Å². The maximum absolute atomic E-state index is 13.4. The highest BCUT2D eigenvalue weighted by Crippen LogP contribution is 2.19. The van der Waals surface area contributed by atoms with Crippen molar-refractivity contribution in [3.8, 4) is 0 Å². The first-order valence-corrected chi connectivity index (χ1v) is 5.28. The fourth-order valence-corrected chi connectivity index (χ4v) is 1.62. The van der Waals surface area contributed by atoms with E-state index in [9.17, 15) is 23.7 Å². The molecule has 104 valence electrons. The molecule has 1 heterocycles. The zero-order chi connectivity index (χ0) is 14.9. The van der Waals surface area contributed by atoms with Gasteiger partial charge in [0.25, 0.3) is 0 Å². The molecule has 2 aromatic rings. The Kier molecular flexibility index (Phi) is 3.42. The number of halogens is 2. The van der Waals surface area contributed by atoms with E-state index in [-0.39, 0.29) is 5.56 Å². The second-order valence-electron chi connectivity index (χ2n) is 3.82. The van der Waals surface area contributed by atoms with Gasteiger partial charge in [-0.1, -0.05) is 6.07 Å². The Balaban J connectivity index is 2.42. The van der Waals surface area contributed by atoms with E-state index in [0.717, 1.165) is 23.0 Å². The molecule has 0 aliphatic rings. The molecule has 0 aliphatic heterocycles. The smallest absolute Gasteiger partial charge is 0.363 e. The van der Waals surface area contributed by atoms with Crippen LogP contribution in [0.15, 0.2) is 24.4 Å². The van der Waals surface area contributed by atoms with Crippen LogP contribution in [0.1, 0.15) is 16.1 Å². The number of carboxylic acids is 1. The number of aromatic nitrogens is 2. The third-order valence-electron chi connectivity index (χ3n) is 2.52. The molecule has 0 radical (unpaired) electrons. The molecule has 0 bridgehead atoms. The van der Waals surface area contributed by atoms with Crippen LogP contribution in [0.5, 0.6) is 0 Å². The van der Waals surface area contributed by atoms with Crippen molar-refractivity contribution in [1.82, 2.24) is 9.78 Å². The number of rotatable bonds is 4. The number of carbonyl (C=O) groups is 1. The summed E-state index contributed by atoms with van der Waals surface area (Å²) in [6.45, 7) is -0.452. The van der Waals surface area contributed by atoms with E-state index < -0.39 is 40.5 Å².